The van der Waals surface area contributed by atoms with Crippen LogP contribution in [0.2, 0.25) is 5.02 Å². The van der Waals surface area contributed by atoms with Crippen LogP contribution in [-0.2, 0) is 11.3 Å². The summed E-state index contributed by atoms with van der Waals surface area (Å²) in [5.74, 6) is 0.492. The molecule has 0 bridgehead atoms. The smallest absolute Gasteiger partial charge is 0.262 e. The molecule has 0 aliphatic carbocycles. The first kappa shape index (κ1) is 16.8. The summed E-state index contributed by atoms with van der Waals surface area (Å²) >= 11 is 13.3. The Morgan fingerprint density at radius 1 is 1.52 bits per heavy atom. The van der Waals surface area contributed by atoms with E-state index in [1.54, 1.807) is 22.8 Å². The summed E-state index contributed by atoms with van der Waals surface area (Å²) in [4.78, 5) is 17.4. The number of benzene rings is 1. The molecule has 1 aromatic heterocycles. The summed E-state index contributed by atoms with van der Waals surface area (Å²) < 4.78 is 7.34. The lowest BCUT2D eigenvalue weighted by Gasteiger charge is -2.16. The predicted octanol–water partition coefficient (Wildman–Crippen LogP) is 4.07. The molecule has 0 spiro atoms. The van der Waals surface area contributed by atoms with Gasteiger partial charge in [0.05, 0.1) is 23.6 Å². The van der Waals surface area contributed by atoms with Gasteiger partial charge in [0.25, 0.3) is 5.56 Å². The molecule has 4 nitrogen and oxygen atoms in total. The predicted molar refractivity (Wildman–Crippen MR) is 95.7 cm³/mol. The van der Waals surface area contributed by atoms with Crippen molar-refractivity contribution in [2.24, 2.45) is 0 Å². The first-order chi connectivity index (χ1) is 11.0. The Bertz CT molecular complexity index is 801. The van der Waals surface area contributed by atoms with Gasteiger partial charge in [0, 0.05) is 22.4 Å². The Morgan fingerprint density at radius 3 is 3.04 bits per heavy atom. The lowest BCUT2D eigenvalue weighted by Crippen LogP contribution is -2.28. The third-order valence-electron chi connectivity index (χ3n) is 3.65. The number of rotatable bonds is 5. The Kier molecular flexibility index (Phi) is 5.31. The second-order valence-electron chi connectivity index (χ2n) is 5.41. The lowest BCUT2D eigenvalue weighted by molar-refractivity contribution is 0.0937. The zero-order chi connectivity index (χ0) is 16.4. The molecule has 1 atom stereocenters. The van der Waals surface area contributed by atoms with Gasteiger partial charge in [0.2, 0.25) is 0 Å². The van der Waals surface area contributed by atoms with E-state index in [1.807, 2.05) is 0 Å². The van der Waals surface area contributed by atoms with Crippen LogP contribution in [0.25, 0.3) is 10.9 Å². The number of ether oxygens (including phenoxy) is 1. The van der Waals surface area contributed by atoms with Gasteiger partial charge in [0.1, 0.15) is 0 Å². The first-order valence-electron chi connectivity index (χ1n) is 7.32. The van der Waals surface area contributed by atoms with Crippen LogP contribution in [0.4, 0.5) is 0 Å². The summed E-state index contributed by atoms with van der Waals surface area (Å²) in [7, 11) is 0. The Hall–Kier alpha value is -1.01. The monoisotopic (exact) mass is 370 g/mol. The zero-order valence-electron chi connectivity index (χ0n) is 12.4. The topological polar surface area (TPSA) is 44.1 Å². The molecule has 1 aromatic carbocycles. The second-order valence-corrected chi connectivity index (χ2v) is 7.33. The molecular formula is C16H16Cl2N2O2S. The van der Waals surface area contributed by atoms with E-state index in [4.69, 9.17) is 27.9 Å². The summed E-state index contributed by atoms with van der Waals surface area (Å²) in [6, 6.07) is 5.12. The molecule has 0 unspecified atom stereocenters. The highest BCUT2D eigenvalue weighted by Gasteiger charge is 2.20. The van der Waals surface area contributed by atoms with E-state index in [2.05, 4.69) is 11.6 Å². The van der Waals surface area contributed by atoms with Gasteiger partial charge < -0.3 is 4.74 Å². The summed E-state index contributed by atoms with van der Waals surface area (Å²) in [5, 5.41) is 2.24. The lowest BCUT2D eigenvalue weighted by atomic mass is 10.2. The fourth-order valence-corrected chi connectivity index (χ4v) is 3.67. The standard InChI is InChI=1S/C16H16Cl2N2O2S/c1-10(17)9-23-16-19-14-7-11(18)4-5-13(14)15(21)20(16)8-12-3-2-6-22-12/h4-5,7,12H,1-3,6,8-9H2/t12-/m0/s1. The van der Waals surface area contributed by atoms with Crippen molar-refractivity contribution in [2.75, 3.05) is 12.4 Å². The molecule has 2 heterocycles. The maximum atomic E-state index is 12.8. The van der Waals surface area contributed by atoms with Gasteiger partial charge in [-0.15, -0.1) is 0 Å². The Labute approximate surface area is 148 Å². The summed E-state index contributed by atoms with van der Waals surface area (Å²) in [6.45, 7) is 4.93. The third kappa shape index (κ3) is 3.91. The fourth-order valence-electron chi connectivity index (χ4n) is 2.58. The molecule has 122 valence electrons. The average molecular weight is 371 g/mol. The van der Waals surface area contributed by atoms with Gasteiger partial charge in [0.15, 0.2) is 5.16 Å². The Morgan fingerprint density at radius 2 is 2.35 bits per heavy atom. The van der Waals surface area contributed by atoms with E-state index >= 15 is 0 Å². The molecule has 0 saturated carbocycles. The van der Waals surface area contributed by atoms with Gasteiger partial charge in [-0.3, -0.25) is 9.36 Å². The quantitative estimate of drug-likeness (QED) is 0.587. The van der Waals surface area contributed by atoms with E-state index in [0.29, 0.717) is 38.4 Å². The maximum absolute atomic E-state index is 12.8. The van der Waals surface area contributed by atoms with Crippen molar-refractivity contribution in [3.05, 3.63) is 45.2 Å². The molecule has 0 amide bonds. The van der Waals surface area contributed by atoms with Crippen LogP contribution in [0, 0.1) is 0 Å². The minimum absolute atomic E-state index is 0.0535. The van der Waals surface area contributed by atoms with E-state index < -0.39 is 0 Å². The molecule has 2 aromatic rings. The minimum atomic E-state index is -0.0788. The largest absolute Gasteiger partial charge is 0.376 e. The van der Waals surface area contributed by atoms with Crippen molar-refractivity contribution in [3.63, 3.8) is 0 Å². The molecule has 1 aliphatic heterocycles. The van der Waals surface area contributed by atoms with Crippen LogP contribution < -0.4 is 5.56 Å². The SMILES string of the molecule is C=C(Cl)CSc1nc2cc(Cl)ccc2c(=O)n1C[C@@H]1CCCO1. The van der Waals surface area contributed by atoms with Gasteiger partial charge in [-0.1, -0.05) is 41.5 Å². The van der Waals surface area contributed by atoms with Crippen LogP contribution in [0.1, 0.15) is 12.8 Å². The molecule has 1 aliphatic rings. The van der Waals surface area contributed by atoms with Crippen LogP contribution in [0.3, 0.4) is 0 Å². The summed E-state index contributed by atoms with van der Waals surface area (Å²) in [6.07, 6.45) is 2.03. The number of aromatic nitrogens is 2. The third-order valence-corrected chi connectivity index (χ3v) is 5.24. The van der Waals surface area contributed by atoms with E-state index in [0.717, 1.165) is 19.4 Å². The number of nitrogens with zero attached hydrogens (tertiary/aromatic N) is 2. The maximum Gasteiger partial charge on any atom is 0.262 e. The highest BCUT2D eigenvalue weighted by molar-refractivity contribution is 7.99. The Balaban J connectivity index is 2.06. The number of thioether (sulfide) groups is 1. The molecule has 1 fully saturated rings. The highest BCUT2D eigenvalue weighted by atomic mass is 35.5. The molecule has 7 heteroatoms. The van der Waals surface area contributed by atoms with Crippen LogP contribution >= 0.6 is 35.0 Å². The van der Waals surface area contributed by atoms with Crippen molar-refractivity contribution in [1.82, 2.24) is 9.55 Å². The van der Waals surface area contributed by atoms with Crippen molar-refractivity contribution in [3.8, 4) is 0 Å². The van der Waals surface area contributed by atoms with Crippen molar-refractivity contribution in [2.45, 2.75) is 30.6 Å². The molecule has 23 heavy (non-hydrogen) atoms. The van der Waals surface area contributed by atoms with Crippen LogP contribution in [0.15, 0.2) is 39.8 Å². The van der Waals surface area contributed by atoms with Crippen molar-refractivity contribution in [1.29, 1.82) is 0 Å². The zero-order valence-corrected chi connectivity index (χ0v) is 14.8. The first-order valence-corrected chi connectivity index (χ1v) is 9.06. The van der Waals surface area contributed by atoms with Gasteiger partial charge in [-0.05, 0) is 31.0 Å². The van der Waals surface area contributed by atoms with Crippen LogP contribution in [0.5, 0.6) is 0 Å². The molecule has 3 rings (SSSR count). The molecule has 0 N–H and O–H groups in total. The van der Waals surface area contributed by atoms with Gasteiger partial charge in [-0.2, -0.15) is 0 Å². The van der Waals surface area contributed by atoms with Crippen LogP contribution in [-0.4, -0.2) is 28.0 Å². The molecule has 1 saturated heterocycles. The highest BCUT2D eigenvalue weighted by Crippen LogP contribution is 2.24. The normalized spacial score (nSPS) is 17.7. The average Bonchev–Trinajstić information content (AvgIpc) is 3.01. The van der Waals surface area contributed by atoms with Gasteiger partial charge in [-0.25, -0.2) is 4.98 Å². The molecule has 0 radical (unpaired) electrons. The van der Waals surface area contributed by atoms with Crippen molar-refractivity contribution < 1.29 is 4.74 Å². The van der Waals surface area contributed by atoms with E-state index in [9.17, 15) is 4.79 Å². The minimum Gasteiger partial charge on any atom is -0.376 e. The summed E-state index contributed by atoms with van der Waals surface area (Å²) in [5.41, 5.74) is 0.513. The number of hydrogen-bond acceptors (Lipinski definition) is 4. The van der Waals surface area contributed by atoms with E-state index in [-0.39, 0.29) is 11.7 Å². The second kappa shape index (κ2) is 7.26. The molecular weight excluding hydrogens is 355 g/mol. The van der Waals surface area contributed by atoms with Gasteiger partial charge >= 0.3 is 0 Å². The number of fused-ring (bicyclic) bond motifs is 1. The van der Waals surface area contributed by atoms with E-state index in [1.165, 1.54) is 11.8 Å². The number of hydrogen-bond donors (Lipinski definition) is 0. The van der Waals surface area contributed by atoms with Crippen molar-refractivity contribution >= 4 is 45.9 Å². The fraction of sp³-hybridized carbons (Fsp3) is 0.375. The number of halogens is 2.